The van der Waals surface area contributed by atoms with E-state index in [2.05, 4.69) is 9.97 Å². The Balaban J connectivity index is 2.55. The van der Waals surface area contributed by atoms with Crippen molar-refractivity contribution in [3.05, 3.63) is 27.4 Å². The fraction of sp³-hybridized carbons (Fsp3) is 0.636. The van der Waals surface area contributed by atoms with Crippen LogP contribution in [0, 0.1) is 0 Å². The second-order valence-corrected chi connectivity index (χ2v) is 4.89. The Hall–Kier alpha value is -1.16. The van der Waals surface area contributed by atoms with Crippen molar-refractivity contribution in [2.45, 2.75) is 39.2 Å². The monoisotopic (exact) mass is 208 g/mol. The summed E-state index contributed by atoms with van der Waals surface area (Å²) >= 11 is 0. The first-order valence-corrected chi connectivity index (χ1v) is 5.19. The van der Waals surface area contributed by atoms with Crippen molar-refractivity contribution in [2.24, 2.45) is 0 Å². The molecule has 2 heterocycles. The molecule has 0 atom stereocenters. The van der Waals surface area contributed by atoms with Gasteiger partial charge in [-0.1, -0.05) is 20.8 Å². The zero-order valence-electron chi connectivity index (χ0n) is 9.39. The third kappa shape index (κ3) is 1.95. The first kappa shape index (κ1) is 10.4. The Kier molecular flexibility index (Phi) is 2.38. The molecule has 0 spiro atoms. The lowest BCUT2D eigenvalue weighted by molar-refractivity contribution is 0.107. The van der Waals surface area contributed by atoms with Gasteiger partial charge in [-0.2, -0.15) is 0 Å². The average Bonchev–Trinajstić information content (AvgIpc) is 2.16. The molecule has 1 aromatic heterocycles. The van der Waals surface area contributed by atoms with Crippen LogP contribution in [0.5, 0.6) is 0 Å². The third-order valence-corrected chi connectivity index (χ3v) is 2.54. The van der Waals surface area contributed by atoms with Gasteiger partial charge in [0.25, 0.3) is 5.56 Å². The number of hydrogen-bond acceptors (Lipinski definition) is 3. The number of ether oxygens (including phenoxy) is 1. The van der Waals surface area contributed by atoms with Gasteiger partial charge in [-0.05, 0) is 0 Å². The minimum Gasteiger partial charge on any atom is -0.376 e. The SMILES string of the molecule is CC(C)(C)c1nc2c(c(=O)[nH]1)COCC2. The zero-order valence-corrected chi connectivity index (χ0v) is 9.39. The largest absolute Gasteiger partial charge is 0.376 e. The van der Waals surface area contributed by atoms with Gasteiger partial charge in [-0.3, -0.25) is 4.79 Å². The smallest absolute Gasteiger partial charge is 0.256 e. The third-order valence-electron chi connectivity index (χ3n) is 2.54. The maximum Gasteiger partial charge on any atom is 0.256 e. The average molecular weight is 208 g/mol. The summed E-state index contributed by atoms with van der Waals surface area (Å²) in [6.45, 7) is 7.17. The number of fused-ring (bicyclic) bond motifs is 1. The highest BCUT2D eigenvalue weighted by atomic mass is 16.5. The maximum absolute atomic E-state index is 11.8. The van der Waals surface area contributed by atoms with Crippen LogP contribution in [-0.2, 0) is 23.2 Å². The van der Waals surface area contributed by atoms with Crippen LogP contribution in [0.1, 0.15) is 37.9 Å². The molecule has 0 unspecified atom stereocenters. The summed E-state index contributed by atoms with van der Waals surface area (Å²) in [5.41, 5.74) is 1.42. The van der Waals surface area contributed by atoms with Gasteiger partial charge in [0, 0.05) is 11.8 Å². The van der Waals surface area contributed by atoms with E-state index in [1.165, 1.54) is 0 Å². The predicted molar refractivity (Wildman–Crippen MR) is 56.9 cm³/mol. The molecule has 1 N–H and O–H groups in total. The first-order valence-electron chi connectivity index (χ1n) is 5.19. The molecular weight excluding hydrogens is 192 g/mol. The number of rotatable bonds is 0. The molecule has 0 aliphatic carbocycles. The lowest BCUT2D eigenvalue weighted by atomic mass is 9.95. The number of hydrogen-bond donors (Lipinski definition) is 1. The number of H-pyrrole nitrogens is 1. The highest BCUT2D eigenvalue weighted by Gasteiger charge is 2.21. The fourth-order valence-electron chi connectivity index (χ4n) is 1.60. The van der Waals surface area contributed by atoms with Gasteiger partial charge < -0.3 is 9.72 Å². The summed E-state index contributed by atoms with van der Waals surface area (Å²) in [6.07, 6.45) is 0.738. The Bertz CT molecular complexity index is 429. The number of aromatic nitrogens is 2. The van der Waals surface area contributed by atoms with Gasteiger partial charge in [-0.25, -0.2) is 4.98 Å². The molecule has 2 rings (SSSR count). The highest BCUT2D eigenvalue weighted by Crippen LogP contribution is 2.19. The van der Waals surface area contributed by atoms with E-state index in [1.54, 1.807) is 0 Å². The van der Waals surface area contributed by atoms with Crippen molar-refractivity contribution in [1.82, 2.24) is 9.97 Å². The van der Waals surface area contributed by atoms with Gasteiger partial charge in [0.2, 0.25) is 0 Å². The van der Waals surface area contributed by atoms with Gasteiger partial charge >= 0.3 is 0 Å². The molecule has 0 saturated heterocycles. The minimum absolute atomic E-state index is 0.0513. The molecule has 0 amide bonds. The number of nitrogens with one attached hydrogen (secondary N) is 1. The van der Waals surface area contributed by atoms with Gasteiger partial charge in [0.1, 0.15) is 5.82 Å². The van der Waals surface area contributed by atoms with Crippen LogP contribution >= 0.6 is 0 Å². The molecule has 0 radical (unpaired) electrons. The lowest BCUT2D eigenvalue weighted by Crippen LogP contribution is -2.29. The molecule has 0 fully saturated rings. The Morgan fingerprint density at radius 1 is 1.40 bits per heavy atom. The molecule has 1 aliphatic heterocycles. The molecule has 0 saturated carbocycles. The molecule has 82 valence electrons. The van der Waals surface area contributed by atoms with Gasteiger partial charge in [0.15, 0.2) is 0 Å². The second-order valence-electron chi connectivity index (χ2n) is 4.89. The second kappa shape index (κ2) is 3.45. The van der Waals surface area contributed by atoms with E-state index in [4.69, 9.17) is 4.74 Å². The Labute approximate surface area is 88.7 Å². The topological polar surface area (TPSA) is 55.0 Å². The summed E-state index contributed by atoms with van der Waals surface area (Å²) in [5, 5.41) is 0. The van der Waals surface area contributed by atoms with Crippen LogP contribution in [0.15, 0.2) is 4.79 Å². The molecule has 0 aromatic carbocycles. The van der Waals surface area contributed by atoms with Crippen LogP contribution < -0.4 is 5.56 Å². The molecular formula is C11H16N2O2. The molecule has 4 nitrogen and oxygen atoms in total. The summed E-state index contributed by atoms with van der Waals surface area (Å²) < 4.78 is 5.24. The van der Waals surface area contributed by atoms with Crippen molar-refractivity contribution >= 4 is 0 Å². The summed E-state index contributed by atoms with van der Waals surface area (Å²) in [6, 6.07) is 0. The molecule has 15 heavy (non-hydrogen) atoms. The van der Waals surface area contributed by atoms with E-state index in [0.29, 0.717) is 18.8 Å². The van der Waals surface area contributed by atoms with Crippen LogP contribution in [0.4, 0.5) is 0 Å². The van der Waals surface area contributed by atoms with E-state index in [1.807, 2.05) is 20.8 Å². The quantitative estimate of drug-likeness (QED) is 0.695. The Morgan fingerprint density at radius 2 is 2.13 bits per heavy atom. The van der Waals surface area contributed by atoms with Crippen LogP contribution in [0.25, 0.3) is 0 Å². The Morgan fingerprint density at radius 3 is 2.80 bits per heavy atom. The van der Waals surface area contributed by atoms with Crippen LogP contribution in [-0.4, -0.2) is 16.6 Å². The molecule has 1 aromatic rings. The fourth-order valence-corrected chi connectivity index (χ4v) is 1.60. The van der Waals surface area contributed by atoms with Gasteiger partial charge in [0.05, 0.1) is 24.5 Å². The number of nitrogens with zero attached hydrogens (tertiary/aromatic N) is 1. The maximum atomic E-state index is 11.8. The number of aromatic amines is 1. The normalized spacial score (nSPS) is 16.2. The molecule has 0 bridgehead atoms. The zero-order chi connectivity index (χ0) is 11.1. The highest BCUT2D eigenvalue weighted by molar-refractivity contribution is 5.20. The van der Waals surface area contributed by atoms with Crippen molar-refractivity contribution in [3.63, 3.8) is 0 Å². The summed E-state index contributed by atoms with van der Waals surface area (Å²) in [7, 11) is 0. The van der Waals surface area contributed by atoms with E-state index < -0.39 is 0 Å². The van der Waals surface area contributed by atoms with Crippen molar-refractivity contribution < 1.29 is 4.74 Å². The first-order chi connectivity index (χ1) is 6.98. The molecule has 1 aliphatic rings. The summed E-state index contributed by atoms with van der Waals surface area (Å²) in [5.74, 6) is 0.758. The predicted octanol–water partition coefficient (Wildman–Crippen LogP) is 1.14. The van der Waals surface area contributed by atoms with E-state index >= 15 is 0 Å². The van der Waals surface area contributed by atoms with Crippen molar-refractivity contribution in [3.8, 4) is 0 Å². The van der Waals surface area contributed by atoms with Crippen molar-refractivity contribution in [2.75, 3.05) is 6.61 Å². The van der Waals surface area contributed by atoms with Crippen LogP contribution in [0.3, 0.4) is 0 Å². The van der Waals surface area contributed by atoms with Crippen LogP contribution in [0.2, 0.25) is 0 Å². The van der Waals surface area contributed by atoms with E-state index in [-0.39, 0.29) is 11.0 Å². The summed E-state index contributed by atoms with van der Waals surface area (Å²) in [4.78, 5) is 19.1. The van der Waals surface area contributed by atoms with Gasteiger partial charge in [-0.15, -0.1) is 0 Å². The molecule has 4 heteroatoms. The van der Waals surface area contributed by atoms with E-state index in [0.717, 1.165) is 17.9 Å². The van der Waals surface area contributed by atoms with E-state index in [9.17, 15) is 4.79 Å². The standard InChI is InChI=1S/C11H16N2O2/c1-11(2,3)10-12-8-4-5-15-6-7(8)9(14)13-10/h4-6H2,1-3H3,(H,12,13,14). The lowest BCUT2D eigenvalue weighted by Gasteiger charge is -2.21. The minimum atomic E-state index is -0.119. The van der Waals surface area contributed by atoms with Crippen molar-refractivity contribution in [1.29, 1.82) is 0 Å².